The number of methoxy groups -OCH3 is 1. The normalized spacial score (nSPS) is 11.2. The second-order valence-corrected chi connectivity index (χ2v) is 8.01. The Morgan fingerprint density at radius 3 is 2.62 bits per heavy atom. The number of ether oxygens (including phenoxy) is 2. The van der Waals surface area contributed by atoms with Gasteiger partial charge in [-0.05, 0) is 26.0 Å². The number of aromatic nitrogens is 4. The molecule has 9 heteroatoms. The van der Waals surface area contributed by atoms with E-state index in [4.69, 9.17) is 14.6 Å². The number of pyridine rings is 1. The van der Waals surface area contributed by atoms with Crippen LogP contribution >= 0.6 is 0 Å². The van der Waals surface area contributed by atoms with Crippen LogP contribution in [0.2, 0.25) is 0 Å². The minimum absolute atomic E-state index is 0.0926. The number of carbonyl (C=O) groups excluding carboxylic acids is 1. The molecule has 0 unspecified atom stereocenters. The fourth-order valence-electron chi connectivity index (χ4n) is 3.59. The van der Waals surface area contributed by atoms with Crippen LogP contribution in [0.15, 0.2) is 65.6 Å². The van der Waals surface area contributed by atoms with Crippen LogP contribution in [-0.2, 0) is 9.53 Å². The number of fused-ring (bicyclic) bond motifs is 1. The lowest BCUT2D eigenvalue weighted by Gasteiger charge is -2.11. The summed E-state index contributed by atoms with van der Waals surface area (Å²) in [6, 6.07) is 16.5. The van der Waals surface area contributed by atoms with Gasteiger partial charge >= 0.3 is 0 Å². The lowest BCUT2D eigenvalue weighted by Crippen LogP contribution is -2.31. The predicted octanol–water partition coefficient (Wildman–Crippen LogP) is 2.95. The molecule has 1 aromatic carbocycles. The molecule has 0 fully saturated rings. The van der Waals surface area contributed by atoms with Gasteiger partial charge in [0, 0.05) is 37.5 Å². The molecule has 0 bridgehead atoms. The second kappa shape index (κ2) is 10.3. The van der Waals surface area contributed by atoms with Gasteiger partial charge in [0.05, 0.1) is 29.4 Å². The molecule has 0 radical (unpaired) electrons. The largest absolute Gasteiger partial charge is 0.484 e. The summed E-state index contributed by atoms with van der Waals surface area (Å²) in [5.74, 6) is 0.286. The highest BCUT2D eigenvalue weighted by atomic mass is 16.5. The molecule has 0 atom stereocenters. The van der Waals surface area contributed by atoms with Crippen molar-refractivity contribution in [2.75, 3.05) is 26.9 Å². The zero-order valence-corrected chi connectivity index (χ0v) is 19.4. The van der Waals surface area contributed by atoms with Gasteiger partial charge in [-0.3, -0.25) is 9.59 Å². The maximum absolute atomic E-state index is 12.3. The molecule has 0 aliphatic rings. The summed E-state index contributed by atoms with van der Waals surface area (Å²) in [6.07, 6.45) is 1.78. The number of hydrogen-bond donors (Lipinski definition) is 1. The quantitative estimate of drug-likeness (QED) is 0.385. The van der Waals surface area contributed by atoms with E-state index in [1.807, 2.05) is 50.2 Å². The van der Waals surface area contributed by atoms with Crippen LogP contribution in [0, 0.1) is 0 Å². The van der Waals surface area contributed by atoms with Crippen LogP contribution in [-0.4, -0.2) is 52.2 Å². The lowest BCUT2D eigenvalue weighted by molar-refractivity contribution is -0.123. The first kappa shape index (κ1) is 23.2. The zero-order valence-electron chi connectivity index (χ0n) is 19.4. The third-order valence-electron chi connectivity index (χ3n) is 5.22. The lowest BCUT2D eigenvalue weighted by atomic mass is 10.0. The highest BCUT2D eigenvalue weighted by Crippen LogP contribution is 2.35. The molecule has 3 aromatic heterocycles. The molecule has 3 heterocycles. The van der Waals surface area contributed by atoms with Crippen molar-refractivity contribution in [1.82, 2.24) is 24.7 Å². The molecule has 0 aliphatic heterocycles. The number of benzene rings is 1. The van der Waals surface area contributed by atoms with Gasteiger partial charge in [-0.2, -0.15) is 10.2 Å². The number of carbonyl (C=O) groups is 1. The Morgan fingerprint density at radius 2 is 1.88 bits per heavy atom. The molecule has 4 aromatic rings. The van der Waals surface area contributed by atoms with E-state index in [1.165, 1.54) is 10.7 Å². The van der Waals surface area contributed by atoms with Crippen molar-refractivity contribution in [2.45, 2.75) is 19.9 Å². The van der Waals surface area contributed by atoms with Crippen LogP contribution in [0.5, 0.6) is 5.75 Å². The summed E-state index contributed by atoms with van der Waals surface area (Å²) in [5, 5.41) is 12.1. The second-order valence-electron chi connectivity index (χ2n) is 8.01. The van der Waals surface area contributed by atoms with E-state index < -0.39 is 0 Å². The standard InChI is InChI=1S/C25H27N5O4/c1-17(2)30-23(32)10-9-20(27-30)24-21-15-19(34-16-22(31)26-12-14-33-3)11-13-29(21)28-25(24)18-7-5-4-6-8-18/h4-11,13,15,17H,12,14,16H2,1-3H3,(H,26,31). The summed E-state index contributed by atoms with van der Waals surface area (Å²) in [4.78, 5) is 24.3. The van der Waals surface area contributed by atoms with Crippen LogP contribution in [0.25, 0.3) is 28.0 Å². The van der Waals surface area contributed by atoms with Crippen molar-refractivity contribution in [3.8, 4) is 28.3 Å². The molecule has 1 amide bonds. The molecule has 0 aliphatic carbocycles. The third kappa shape index (κ3) is 4.99. The van der Waals surface area contributed by atoms with Crippen molar-refractivity contribution in [2.24, 2.45) is 0 Å². The maximum atomic E-state index is 12.3. The van der Waals surface area contributed by atoms with Gasteiger partial charge in [-0.25, -0.2) is 9.20 Å². The molecule has 0 saturated heterocycles. The topological polar surface area (TPSA) is 99.8 Å². The van der Waals surface area contributed by atoms with E-state index in [1.54, 1.807) is 30.0 Å². The fourth-order valence-corrected chi connectivity index (χ4v) is 3.59. The molecule has 1 N–H and O–H groups in total. The summed E-state index contributed by atoms with van der Waals surface area (Å²) in [5.41, 5.74) is 3.63. The van der Waals surface area contributed by atoms with Crippen molar-refractivity contribution in [1.29, 1.82) is 0 Å². The Labute approximate surface area is 196 Å². The average molecular weight is 462 g/mol. The van der Waals surface area contributed by atoms with Gasteiger partial charge in [0.1, 0.15) is 11.4 Å². The first-order valence-corrected chi connectivity index (χ1v) is 11.0. The summed E-state index contributed by atoms with van der Waals surface area (Å²) in [7, 11) is 1.58. The van der Waals surface area contributed by atoms with E-state index in [-0.39, 0.29) is 24.1 Å². The van der Waals surface area contributed by atoms with Gasteiger partial charge in [-0.1, -0.05) is 30.3 Å². The Bertz CT molecular complexity index is 1340. The highest BCUT2D eigenvalue weighted by molar-refractivity contribution is 5.91. The molecular weight excluding hydrogens is 434 g/mol. The fraction of sp³-hybridized carbons (Fsp3) is 0.280. The Hall–Kier alpha value is -3.98. The molecular formula is C25H27N5O4. The molecule has 0 saturated carbocycles. The number of nitrogens with one attached hydrogen (secondary N) is 1. The Balaban J connectivity index is 1.77. The highest BCUT2D eigenvalue weighted by Gasteiger charge is 2.19. The SMILES string of the molecule is COCCNC(=O)COc1ccn2nc(-c3ccccc3)c(-c3ccc(=O)n(C(C)C)n3)c2c1. The Kier molecular flexibility index (Phi) is 7.03. The summed E-state index contributed by atoms with van der Waals surface area (Å²) < 4.78 is 13.9. The van der Waals surface area contributed by atoms with Crippen molar-refractivity contribution in [3.05, 3.63) is 71.1 Å². The monoisotopic (exact) mass is 461 g/mol. The van der Waals surface area contributed by atoms with Crippen molar-refractivity contribution >= 4 is 11.4 Å². The van der Waals surface area contributed by atoms with Gasteiger partial charge in [0.25, 0.3) is 11.5 Å². The number of nitrogens with zero attached hydrogens (tertiary/aromatic N) is 4. The van der Waals surface area contributed by atoms with Gasteiger partial charge < -0.3 is 14.8 Å². The van der Waals surface area contributed by atoms with Gasteiger partial charge in [0.2, 0.25) is 0 Å². The van der Waals surface area contributed by atoms with Gasteiger partial charge in [0.15, 0.2) is 6.61 Å². The number of amides is 1. The first-order chi connectivity index (χ1) is 16.5. The maximum Gasteiger partial charge on any atom is 0.267 e. The van der Waals surface area contributed by atoms with E-state index in [9.17, 15) is 9.59 Å². The van der Waals surface area contributed by atoms with Crippen LogP contribution in [0.1, 0.15) is 19.9 Å². The smallest absolute Gasteiger partial charge is 0.267 e. The third-order valence-corrected chi connectivity index (χ3v) is 5.22. The minimum Gasteiger partial charge on any atom is -0.484 e. The Morgan fingerprint density at radius 1 is 1.09 bits per heavy atom. The molecule has 4 rings (SSSR count). The number of rotatable bonds is 9. The van der Waals surface area contributed by atoms with Crippen LogP contribution in [0.4, 0.5) is 0 Å². The molecule has 9 nitrogen and oxygen atoms in total. The molecule has 0 spiro atoms. The van der Waals surface area contributed by atoms with E-state index in [2.05, 4.69) is 10.4 Å². The first-order valence-electron chi connectivity index (χ1n) is 11.0. The van der Waals surface area contributed by atoms with Crippen LogP contribution < -0.4 is 15.6 Å². The molecule has 176 valence electrons. The van der Waals surface area contributed by atoms with Crippen molar-refractivity contribution in [3.63, 3.8) is 0 Å². The average Bonchev–Trinajstić information content (AvgIpc) is 3.22. The van der Waals surface area contributed by atoms with Crippen LogP contribution in [0.3, 0.4) is 0 Å². The van der Waals surface area contributed by atoms with E-state index in [0.29, 0.717) is 24.6 Å². The summed E-state index contributed by atoms with van der Waals surface area (Å²) in [6.45, 7) is 4.56. The summed E-state index contributed by atoms with van der Waals surface area (Å²) >= 11 is 0. The minimum atomic E-state index is -0.235. The zero-order chi connectivity index (χ0) is 24.1. The molecule has 34 heavy (non-hydrogen) atoms. The predicted molar refractivity (Wildman–Crippen MR) is 129 cm³/mol. The van der Waals surface area contributed by atoms with E-state index >= 15 is 0 Å². The van der Waals surface area contributed by atoms with Gasteiger partial charge in [-0.15, -0.1) is 0 Å². The number of hydrogen-bond acceptors (Lipinski definition) is 6. The van der Waals surface area contributed by atoms with Crippen molar-refractivity contribution < 1.29 is 14.3 Å². The van der Waals surface area contributed by atoms with E-state index in [0.717, 1.165) is 22.3 Å².